The highest BCUT2D eigenvalue weighted by atomic mass is 16.5. The molecule has 4 rings (SSSR count). The van der Waals surface area contributed by atoms with E-state index in [2.05, 4.69) is 5.32 Å². The summed E-state index contributed by atoms with van der Waals surface area (Å²) in [5, 5.41) is 12.1. The fraction of sp³-hybridized carbons (Fsp3) is 0.286. The maximum atomic E-state index is 13.2. The highest BCUT2D eigenvalue weighted by Gasteiger charge is 2.24. The Morgan fingerprint density at radius 1 is 0.794 bits per heavy atom. The molecule has 1 unspecified atom stereocenters. The van der Waals surface area contributed by atoms with E-state index in [1.807, 2.05) is 30.3 Å². The zero-order chi connectivity index (χ0) is 23.8. The third-order valence-corrected chi connectivity index (χ3v) is 5.94. The van der Waals surface area contributed by atoms with Crippen molar-refractivity contribution in [2.75, 3.05) is 5.32 Å². The molecule has 6 heteroatoms. The molecule has 0 saturated heterocycles. The Labute approximate surface area is 199 Å². The minimum Gasteiger partial charge on any atom is -0.490 e. The summed E-state index contributed by atoms with van der Waals surface area (Å²) in [5.41, 5.74) is 0.894. The molecule has 0 bridgehead atoms. The zero-order valence-corrected chi connectivity index (χ0v) is 19.0. The SMILES string of the molecule is O=C(O)c1ccccc1NC(=O)C(Oc1ccc(OC2CCCCCC2)cc1)c1ccccc1. The predicted molar refractivity (Wildman–Crippen MR) is 130 cm³/mol. The van der Waals surface area contributed by atoms with Gasteiger partial charge in [-0.05, 0) is 62.1 Å². The summed E-state index contributed by atoms with van der Waals surface area (Å²) in [7, 11) is 0. The smallest absolute Gasteiger partial charge is 0.337 e. The number of hydrogen-bond acceptors (Lipinski definition) is 4. The van der Waals surface area contributed by atoms with Gasteiger partial charge in [0.15, 0.2) is 0 Å². The number of hydrogen-bond donors (Lipinski definition) is 2. The van der Waals surface area contributed by atoms with Crippen LogP contribution in [0.15, 0.2) is 78.9 Å². The van der Waals surface area contributed by atoms with E-state index in [-0.39, 0.29) is 17.4 Å². The normalized spacial score (nSPS) is 15.1. The summed E-state index contributed by atoms with van der Waals surface area (Å²) in [5.74, 6) is -0.268. The molecule has 1 aliphatic carbocycles. The molecule has 0 spiro atoms. The molecular formula is C28H29NO5. The molecule has 0 heterocycles. The lowest BCUT2D eigenvalue weighted by Crippen LogP contribution is -2.26. The van der Waals surface area contributed by atoms with Gasteiger partial charge < -0.3 is 19.9 Å². The number of anilines is 1. The van der Waals surface area contributed by atoms with Crippen molar-refractivity contribution in [2.45, 2.75) is 50.7 Å². The monoisotopic (exact) mass is 459 g/mol. The molecule has 1 fully saturated rings. The average Bonchev–Trinajstić information content (AvgIpc) is 3.13. The first kappa shape index (κ1) is 23.4. The molecule has 176 valence electrons. The number of rotatable bonds is 8. The Kier molecular flexibility index (Phi) is 7.81. The highest BCUT2D eigenvalue weighted by Crippen LogP contribution is 2.28. The van der Waals surface area contributed by atoms with Crippen molar-refractivity contribution in [3.05, 3.63) is 90.0 Å². The van der Waals surface area contributed by atoms with Gasteiger partial charge in [0.25, 0.3) is 5.91 Å². The van der Waals surface area contributed by atoms with Crippen LogP contribution in [-0.2, 0) is 4.79 Å². The summed E-state index contributed by atoms with van der Waals surface area (Å²) in [6, 6.07) is 22.7. The van der Waals surface area contributed by atoms with Gasteiger partial charge in [0.05, 0.1) is 17.4 Å². The van der Waals surface area contributed by atoms with Gasteiger partial charge in [-0.1, -0.05) is 55.3 Å². The average molecular weight is 460 g/mol. The van der Waals surface area contributed by atoms with Gasteiger partial charge in [-0.3, -0.25) is 4.79 Å². The second-order valence-electron chi connectivity index (χ2n) is 8.45. The van der Waals surface area contributed by atoms with Gasteiger partial charge in [0.2, 0.25) is 6.10 Å². The lowest BCUT2D eigenvalue weighted by atomic mass is 10.1. The molecule has 2 N–H and O–H groups in total. The molecule has 0 aliphatic heterocycles. The van der Waals surface area contributed by atoms with Crippen LogP contribution in [0.25, 0.3) is 0 Å². The van der Waals surface area contributed by atoms with Crippen molar-refractivity contribution < 1.29 is 24.2 Å². The Bertz CT molecular complexity index is 1090. The van der Waals surface area contributed by atoms with E-state index in [4.69, 9.17) is 9.47 Å². The largest absolute Gasteiger partial charge is 0.490 e. The maximum absolute atomic E-state index is 13.2. The van der Waals surface area contributed by atoms with Crippen LogP contribution in [0.1, 0.15) is 60.6 Å². The highest BCUT2D eigenvalue weighted by molar-refractivity contribution is 6.02. The van der Waals surface area contributed by atoms with Crippen LogP contribution >= 0.6 is 0 Å². The second-order valence-corrected chi connectivity index (χ2v) is 8.45. The lowest BCUT2D eigenvalue weighted by Gasteiger charge is -2.21. The number of carboxylic acids is 1. The van der Waals surface area contributed by atoms with Gasteiger partial charge in [0.1, 0.15) is 11.5 Å². The van der Waals surface area contributed by atoms with Crippen LogP contribution in [0.3, 0.4) is 0 Å². The van der Waals surface area contributed by atoms with Gasteiger partial charge in [0, 0.05) is 5.56 Å². The number of nitrogens with one attached hydrogen (secondary N) is 1. The van der Waals surface area contributed by atoms with Crippen LogP contribution in [0.5, 0.6) is 11.5 Å². The molecule has 1 aliphatic rings. The van der Waals surface area contributed by atoms with Crippen LogP contribution in [0, 0.1) is 0 Å². The second kappa shape index (κ2) is 11.4. The van der Waals surface area contributed by atoms with Crippen molar-refractivity contribution >= 4 is 17.6 Å². The van der Waals surface area contributed by atoms with Crippen molar-refractivity contribution in [1.29, 1.82) is 0 Å². The number of carbonyl (C=O) groups is 2. The fourth-order valence-electron chi connectivity index (χ4n) is 4.16. The number of para-hydroxylation sites is 1. The van der Waals surface area contributed by atoms with E-state index >= 15 is 0 Å². The van der Waals surface area contributed by atoms with Crippen molar-refractivity contribution in [1.82, 2.24) is 0 Å². The summed E-state index contributed by atoms with van der Waals surface area (Å²) in [4.78, 5) is 24.7. The third-order valence-electron chi connectivity index (χ3n) is 5.94. The predicted octanol–water partition coefficient (Wildman–Crippen LogP) is 6.25. The number of ether oxygens (including phenoxy) is 2. The molecule has 1 saturated carbocycles. The van der Waals surface area contributed by atoms with Crippen LogP contribution < -0.4 is 14.8 Å². The third kappa shape index (κ3) is 6.16. The Morgan fingerprint density at radius 2 is 1.41 bits per heavy atom. The van der Waals surface area contributed by atoms with E-state index in [9.17, 15) is 14.7 Å². The van der Waals surface area contributed by atoms with Crippen molar-refractivity contribution in [2.24, 2.45) is 0 Å². The summed E-state index contributed by atoms with van der Waals surface area (Å²) < 4.78 is 12.2. The summed E-state index contributed by atoms with van der Waals surface area (Å²) in [6.07, 6.45) is 6.37. The standard InChI is InChI=1S/C28H29NO5/c30-27(29-25-15-9-8-14-24(25)28(31)32)26(20-10-4-3-5-11-20)34-23-18-16-22(17-19-23)33-21-12-6-1-2-7-13-21/h3-5,8-11,14-19,21,26H,1-2,6-7,12-13H2,(H,29,30)(H,31,32). The molecule has 6 nitrogen and oxygen atoms in total. The number of aromatic carboxylic acids is 1. The van der Waals surface area contributed by atoms with E-state index in [1.165, 1.54) is 31.7 Å². The topological polar surface area (TPSA) is 84.9 Å². The summed E-state index contributed by atoms with van der Waals surface area (Å²) in [6.45, 7) is 0. The van der Waals surface area contributed by atoms with E-state index < -0.39 is 18.0 Å². The molecule has 0 aromatic heterocycles. The number of benzene rings is 3. The number of amides is 1. The molecule has 0 radical (unpaired) electrons. The zero-order valence-electron chi connectivity index (χ0n) is 19.0. The first-order chi connectivity index (χ1) is 16.6. The first-order valence-electron chi connectivity index (χ1n) is 11.7. The van der Waals surface area contributed by atoms with Crippen LogP contribution in [0.4, 0.5) is 5.69 Å². The summed E-state index contributed by atoms with van der Waals surface area (Å²) >= 11 is 0. The first-order valence-corrected chi connectivity index (χ1v) is 11.7. The van der Waals surface area contributed by atoms with Crippen molar-refractivity contribution in [3.8, 4) is 11.5 Å². The van der Waals surface area contributed by atoms with Gasteiger partial charge in [-0.2, -0.15) is 0 Å². The van der Waals surface area contributed by atoms with E-state index in [0.717, 1.165) is 18.6 Å². The number of carbonyl (C=O) groups excluding carboxylic acids is 1. The molecule has 34 heavy (non-hydrogen) atoms. The molecule has 3 aromatic carbocycles. The maximum Gasteiger partial charge on any atom is 0.337 e. The quantitative estimate of drug-likeness (QED) is 0.389. The minimum absolute atomic E-state index is 0.0164. The number of carboxylic acid groups (broad SMARTS) is 1. The van der Waals surface area contributed by atoms with E-state index in [1.54, 1.807) is 42.5 Å². The Hall–Kier alpha value is -3.80. The molecular weight excluding hydrogens is 430 g/mol. The van der Waals surface area contributed by atoms with Gasteiger partial charge in [-0.15, -0.1) is 0 Å². The van der Waals surface area contributed by atoms with Crippen molar-refractivity contribution in [3.63, 3.8) is 0 Å². The minimum atomic E-state index is -1.11. The Balaban J connectivity index is 1.49. The molecule has 1 atom stereocenters. The lowest BCUT2D eigenvalue weighted by molar-refractivity contribution is -0.123. The van der Waals surface area contributed by atoms with Crippen LogP contribution in [0.2, 0.25) is 0 Å². The fourth-order valence-corrected chi connectivity index (χ4v) is 4.16. The van der Waals surface area contributed by atoms with Gasteiger partial charge >= 0.3 is 5.97 Å². The van der Waals surface area contributed by atoms with E-state index in [0.29, 0.717) is 11.3 Å². The van der Waals surface area contributed by atoms with Crippen LogP contribution in [-0.4, -0.2) is 23.1 Å². The molecule has 3 aromatic rings. The Morgan fingerprint density at radius 3 is 2.09 bits per heavy atom. The van der Waals surface area contributed by atoms with Gasteiger partial charge in [-0.25, -0.2) is 4.79 Å². The molecule has 1 amide bonds.